The molecule has 0 aliphatic rings. The van der Waals surface area contributed by atoms with E-state index >= 15 is 0 Å². The van der Waals surface area contributed by atoms with Crippen molar-refractivity contribution in [3.05, 3.63) is 101 Å². The normalized spacial score (nSPS) is 10.4. The molecule has 3 aromatic carbocycles. The topological polar surface area (TPSA) is 71.1 Å². The van der Waals surface area contributed by atoms with Gasteiger partial charge in [0, 0.05) is 22.2 Å². The second kappa shape index (κ2) is 9.15. The zero-order valence-corrected chi connectivity index (χ0v) is 16.9. The van der Waals surface area contributed by atoms with Gasteiger partial charge in [0.05, 0.1) is 12.1 Å². The first-order chi connectivity index (χ1) is 14.7. The quantitative estimate of drug-likeness (QED) is 0.454. The summed E-state index contributed by atoms with van der Waals surface area (Å²) in [5, 5.41) is 8.19. The van der Waals surface area contributed by atoms with Crippen LogP contribution >= 0.6 is 11.3 Å². The molecule has 0 saturated carbocycles. The number of nitrogens with zero attached hydrogens (tertiary/aromatic N) is 1. The Balaban J connectivity index is 1.37. The van der Waals surface area contributed by atoms with Crippen LogP contribution in [0.1, 0.15) is 15.9 Å². The van der Waals surface area contributed by atoms with E-state index in [1.54, 1.807) is 12.1 Å². The summed E-state index contributed by atoms with van der Waals surface area (Å²) >= 11 is 1.38. The summed E-state index contributed by atoms with van der Waals surface area (Å²) in [7, 11) is 0. The van der Waals surface area contributed by atoms with Gasteiger partial charge in [0.15, 0.2) is 5.13 Å². The lowest BCUT2D eigenvalue weighted by Gasteiger charge is -2.06. The number of carbonyl (C=O) groups excluding carboxylic acids is 2. The van der Waals surface area contributed by atoms with Gasteiger partial charge in [-0.2, -0.15) is 0 Å². The third-order valence-corrected chi connectivity index (χ3v) is 5.19. The van der Waals surface area contributed by atoms with Crippen LogP contribution in [-0.4, -0.2) is 16.8 Å². The highest BCUT2D eigenvalue weighted by molar-refractivity contribution is 7.14. The van der Waals surface area contributed by atoms with Gasteiger partial charge in [-0.1, -0.05) is 60.7 Å². The lowest BCUT2D eigenvalue weighted by Crippen LogP contribution is -2.14. The molecule has 0 aliphatic carbocycles. The van der Waals surface area contributed by atoms with Crippen molar-refractivity contribution in [1.29, 1.82) is 0 Å². The van der Waals surface area contributed by atoms with E-state index in [1.165, 1.54) is 11.3 Å². The van der Waals surface area contributed by atoms with E-state index in [9.17, 15) is 9.59 Å². The van der Waals surface area contributed by atoms with E-state index in [-0.39, 0.29) is 11.8 Å². The van der Waals surface area contributed by atoms with Crippen molar-refractivity contribution >= 4 is 34.0 Å². The molecule has 0 aliphatic heterocycles. The summed E-state index contributed by atoms with van der Waals surface area (Å²) in [4.78, 5) is 29.0. The maximum absolute atomic E-state index is 12.2. The number of rotatable bonds is 6. The number of thiazole rings is 1. The SMILES string of the molecule is O=C(Cc1ccccc1)Nc1nc(-c2ccc(NC(=O)c3ccccc3)cc2)cs1. The van der Waals surface area contributed by atoms with E-state index < -0.39 is 0 Å². The fourth-order valence-corrected chi connectivity index (χ4v) is 3.66. The fraction of sp³-hybridized carbons (Fsp3) is 0.0417. The largest absolute Gasteiger partial charge is 0.322 e. The molecule has 2 amide bonds. The Bertz CT molecular complexity index is 1140. The van der Waals surface area contributed by atoms with Crippen LogP contribution in [0.3, 0.4) is 0 Å². The van der Waals surface area contributed by atoms with Gasteiger partial charge in [0.25, 0.3) is 5.91 Å². The van der Waals surface area contributed by atoms with Gasteiger partial charge in [-0.15, -0.1) is 11.3 Å². The fourth-order valence-electron chi connectivity index (χ4n) is 2.93. The lowest BCUT2D eigenvalue weighted by molar-refractivity contribution is -0.115. The van der Waals surface area contributed by atoms with E-state index in [0.717, 1.165) is 16.8 Å². The van der Waals surface area contributed by atoms with Crippen LogP contribution in [0.5, 0.6) is 0 Å². The second-order valence-corrected chi connectivity index (χ2v) is 7.50. The predicted molar refractivity (Wildman–Crippen MR) is 121 cm³/mol. The highest BCUT2D eigenvalue weighted by atomic mass is 32.1. The van der Waals surface area contributed by atoms with Crippen LogP contribution < -0.4 is 10.6 Å². The number of aromatic nitrogens is 1. The van der Waals surface area contributed by atoms with Crippen LogP contribution in [0, 0.1) is 0 Å². The highest BCUT2D eigenvalue weighted by Gasteiger charge is 2.10. The van der Waals surface area contributed by atoms with Crippen LogP contribution in [0.4, 0.5) is 10.8 Å². The van der Waals surface area contributed by atoms with Crippen molar-refractivity contribution in [1.82, 2.24) is 4.98 Å². The minimum absolute atomic E-state index is 0.0962. The van der Waals surface area contributed by atoms with Crippen molar-refractivity contribution < 1.29 is 9.59 Å². The molecule has 2 N–H and O–H groups in total. The molecule has 0 fully saturated rings. The molecule has 0 bridgehead atoms. The third kappa shape index (κ3) is 4.98. The average Bonchev–Trinajstić information content (AvgIpc) is 3.24. The Morgan fingerprint density at radius 3 is 2.17 bits per heavy atom. The minimum Gasteiger partial charge on any atom is -0.322 e. The summed E-state index contributed by atoms with van der Waals surface area (Å²) < 4.78 is 0. The smallest absolute Gasteiger partial charge is 0.255 e. The zero-order valence-electron chi connectivity index (χ0n) is 16.0. The van der Waals surface area contributed by atoms with Crippen molar-refractivity contribution in [2.45, 2.75) is 6.42 Å². The Kier molecular flexibility index (Phi) is 5.96. The minimum atomic E-state index is -0.152. The summed E-state index contributed by atoms with van der Waals surface area (Å²) in [6.45, 7) is 0. The van der Waals surface area contributed by atoms with E-state index in [0.29, 0.717) is 22.8 Å². The molecule has 0 saturated heterocycles. The number of anilines is 2. The molecule has 0 spiro atoms. The molecular formula is C24H19N3O2S. The lowest BCUT2D eigenvalue weighted by atomic mass is 10.1. The van der Waals surface area contributed by atoms with E-state index in [2.05, 4.69) is 15.6 Å². The molecule has 1 aromatic heterocycles. The molecule has 6 heteroatoms. The number of hydrogen-bond donors (Lipinski definition) is 2. The molecule has 0 atom stereocenters. The Hall–Kier alpha value is -3.77. The summed E-state index contributed by atoms with van der Waals surface area (Å²) in [5.74, 6) is -0.249. The Morgan fingerprint density at radius 2 is 1.47 bits per heavy atom. The monoisotopic (exact) mass is 413 g/mol. The van der Waals surface area contributed by atoms with Crippen molar-refractivity contribution in [2.75, 3.05) is 10.6 Å². The Morgan fingerprint density at radius 1 is 0.800 bits per heavy atom. The molecule has 1 heterocycles. The maximum Gasteiger partial charge on any atom is 0.255 e. The van der Waals surface area contributed by atoms with Gasteiger partial charge < -0.3 is 10.6 Å². The van der Waals surface area contributed by atoms with Gasteiger partial charge >= 0.3 is 0 Å². The molecule has 30 heavy (non-hydrogen) atoms. The van der Waals surface area contributed by atoms with Gasteiger partial charge in [-0.3, -0.25) is 9.59 Å². The molecule has 4 aromatic rings. The standard InChI is InChI=1S/C24H19N3O2S/c28-22(15-17-7-3-1-4-8-17)27-24-26-21(16-30-24)18-11-13-20(14-12-18)25-23(29)19-9-5-2-6-10-19/h1-14,16H,15H2,(H,25,29)(H,26,27,28). The summed E-state index contributed by atoms with van der Waals surface area (Å²) in [6, 6.07) is 26.1. The van der Waals surface area contributed by atoms with Gasteiger partial charge in [-0.25, -0.2) is 4.98 Å². The molecule has 4 rings (SSSR count). The van der Waals surface area contributed by atoms with Crippen molar-refractivity contribution in [2.24, 2.45) is 0 Å². The van der Waals surface area contributed by atoms with E-state index in [4.69, 9.17) is 0 Å². The number of benzene rings is 3. The first-order valence-corrected chi connectivity index (χ1v) is 10.3. The molecule has 148 valence electrons. The van der Waals surface area contributed by atoms with Gasteiger partial charge in [0.1, 0.15) is 0 Å². The van der Waals surface area contributed by atoms with Gasteiger partial charge in [0.2, 0.25) is 5.91 Å². The number of hydrogen-bond acceptors (Lipinski definition) is 4. The maximum atomic E-state index is 12.2. The molecule has 5 nitrogen and oxygen atoms in total. The van der Waals surface area contributed by atoms with Crippen molar-refractivity contribution in [3.63, 3.8) is 0 Å². The molecule has 0 radical (unpaired) electrons. The molecular weight excluding hydrogens is 394 g/mol. The third-order valence-electron chi connectivity index (χ3n) is 4.43. The number of carbonyl (C=O) groups is 2. The van der Waals surface area contributed by atoms with Crippen LogP contribution in [-0.2, 0) is 11.2 Å². The average molecular weight is 414 g/mol. The van der Waals surface area contributed by atoms with Crippen LogP contribution in [0.2, 0.25) is 0 Å². The number of amides is 2. The molecule has 0 unspecified atom stereocenters. The van der Waals surface area contributed by atoms with Gasteiger partial charge in [-0.05, 0) is 29.8 Å². The second-order valence-electron chi connectivity index (χ2n) is 6.65. The van der Waals surface area contributed by atoms with Crippen LogP contribution in [0.25, 0.3) is 11.3 Å². The zero-order chi connectivity index (χ0) is 20.8. The van der Waals surface area contributed by atoms with Crippen molar-refractivity contribution in [3.8, 4) is 11.3 Å². The Labute approximate surface area is 178 Å². The van der Waals surface area contributed by atoms with Crippen LogP contribution in [0.15, 0.2) is 90.3 Å². The predicted octanol–water partition coefficient (Wildman–Crippen LogP) is 5.24. The highest BCUT2D eigenvalue weighted by Crippen LogP contribution is 2.26. The first-order valence-electron chi connectivity index (χ1n) is 9.43. The van der Waals surface area contributed by atoms with E-state index in [1.807, 2.05) is 78.2 Å². The number of nitrogens with one attached hydrogen (secondary N) is 2. The first kappa shape index (κ1) is 19.5. The summed E-state index contributed by atoms with van der Waals surface area (Å²) in [5.41, 5.74) is 3.96. The summed E-state index contributed by atoms with van der Waals surface area (Å²) in [6.07, 6.45) is 0.311.